The lowest BCUT2D eigenvalue weighted by molar-refractivity contribution is 0.0982. The van der Waals surface area contributed by atoms with E-state index in [1.807, 2.05) is 13.8 Å². The van der Waals surface area contributed by atoms with Crippen molar-refractivity contribution in [3.63, 3.8) is 0 Å². The van der Waals surface area contributed by atoms with E-state index in [0.29, 0.717) is 22.8 Å². The van der Waals surface area contributed by atoms with Crippen LogP contribution in [0.1, 0.15) is 24.2 Å². The molecule has 5 heteroatoms. The Hall–Kier alpha value is -1.75. The van der Waals surface area contributed by atoms with Crippen LogP contribution in [0.15, 0.2) is 12.1 Å². The van der Waals surface area contributed by atoms with Crippen molar-refractivity contribution in [1.82, 2.24) is 5.32 Å². The first kappa shape index (κ1) is 15.3. The molecular weight excluding hydrogens is 246 g/mol. The van der Waals surface area contributed by atoms with Gasteiger partial charge in [0, 0.05) is 18.2 Å². The number of Topliss-reactive ketones (excluding diaryl/α,β-unsaturated/α-hetero) is 1. The van der Waals surface area contributed by atoms with Crippen LogP contribution in [0.2, 0.25) is 0 Å². The summed E-state index contributed by atoms with van der Waals surface area (Å²) in [5, 5.41) is 3.08. The van der Waals surface area contributed by atoms with Crippen molar-refractivity contribution in [2.24, 2.45) is 0 Å². The van der Waals surface area contributed by atoms with Gasteiger partial charge in [0.15, 0.2) is 5.78 Å². The lowest BCUT2D eigenvalue weighted by Gasteiger charge is -2.15. The van der Waals surface area contributed by atoms with Crippen molar-refractivity contribution >= 4 is 5.78 Å². The first-order valence-corrected chi connectivity index (χ1v) is 6.10. The second-order valence-electron chi connectivity index (χ2n) is 4.37. The Bertz CT molecular complexity index is 418. The molecule has 0 heterocycles. The van der Waals surface area contributed by atoms with Gasteiger partial charge in [-0.05, 0) is 0 Å². The highest BCUT2D eigenvalue weighted by Gasteiger charge is 2.20. The van der Waals surface area contributed by atoms with Crippen LogP contribution in [0.4, 0.5) is 0 Å². The average Bonchev–Trinajstić information content (AvgIpc) is 2.42. The molecule has 1 aromatic rings. The molecule has 1 rings (SSSR count). The van der Waals surface area contributed by atoms with Crippen molar-refractivity contribution in [3.05, 3.63) is 17.7 Å². The summed E-state index contributed by atoms with van der Waals surface area (Å²) in [5.74, 6) is 1.41. The van der Waals surface area contributed by atoms with Crippen molar-refractivity contribution < 1.29 is 19.0 Å². The molecule has 0 spiro atoms. The third-order valence-electron chi connectivity index (χ3n) is 2.66. The van der Waals surface area contributed by atoms with E-state index in [9.17, 15) is 4.79 Å². The number of nitrogens with one attached hydrogen (secondary N) is 1. The molecular formula is C14H21NO4. The second-order valence-corrected chi connectivity index (χ2v) is 4.37. The van der Waals surface area contributed by atoms with Crippen molar-refractivity contribution in [1.29, 1.82) is 0 Å². The number of methoxy groups -OCH3 is 3. The fourth-order valence-electron chi connectivity index (χ4n) is 1.67. The number of carbonyl (C=O) groups is 1. The van der Waals surface area contributed by atoms with Crippen LogP contribution in [-0.4, -0.2) is 39.7 Å². The van der Waals surface area contributed by atoms with Gasteiger partial charge in [-0.1, -0.05) is 13.8 Å². The minimum absolute atomic E-state index is 0.0787. The quantitative estimate of drug-likeness (QED) is 0.765. The minimum atomic E-state index is -0.0787. The predicted octanol–water partition coefficient (Wildman–Crippen LogP) is 1.89. The maximum Gasteiger partial charge on any atom is 0.184 e. The highest BCUT2D eigenvalue weighted by atomic mass is 16.5. The molecule has 0 amide bonds. The highest BCUT2D eigenvalue weighted by Crippen LogP contribution is 2.34. The van der Waals surface area contributed by atoms with E-state index in [2.05, 4.69) is 5.32 Å². The molecule has 106 valence electrons. The van der Waals surface area contributed by atoms with Gasteiger partial charge in [0.2, 0.25) is 0 Å². The molecule has 0 unspecified atom stereocenters. The van der Waals surface area contributed by atoms with Crippen LogP contribution >= 0.6 is 0 Å². The Morgan fingerprint density at radius 3 is 2.00 bits per heavy atom. The van der Waals surface area contributed by atoms with Crippen LogP contribution in [0, 0.1) is 0 Å². The Labute approximate surface area is 113 Å². The van der Waals surface area contributed by atoms with Gasteiger partial charge in [0.25, 0.3) is 0 Å². The van der Waals surface area contributed by atoms with Gasteiger partial charge in [-0.15, -0.1) is 0 Å². The lowest BCUT2D eigenvalue weighted by atomic mass is 10.1. The topological polar surface area (TPSA) is 56.8 Å². The third kappa shape index (κ3) is 3.86. The maximum absolute atomic E-state index is 12.2. The number of benzene rings is 1. The summed E-state index contributed by atoms with van der Waals surface area (Å²) in [6.07, 6.45) is 0. The van der Waals surface area contributed by atoms with E-state index >= 15 is 0 Å². The Balaban J connectivity index is 3.12. The van der Waals surface area contributed by atoms with Crippen LogP contribution in [0.25, 0.3) is 0 Å². The summed E-state index contributed by atoms with van der Waals surface area (Å²) in [4.78, 5) is 12.2. The Kier molecular flexibility index (Phi) is 5.63. The summed E-state index contributed by atoms with van der Waals surface area (Å²) in [5.41, 5.74) is 0.430. The number of ketones is 1. The summed E-state index contributed by atoms with van der Waals surface area (Å²) in [6.45, 7) is 4.20. The zero-order chi connectivity index (χ0) is 14.4. The average molecular weight is 267 g/mol. The van der Waals surface area contributed by atoms with Gasteiger partial charge < -0.3 is 19.5 Å². The fraction of sp³-hybridized carbons (Fsp3) is 0.500. The molecule has 0 bridgehead atoms. The molecule has 0 aromatic heterocycles. The third-order valence-corrected chi connectivity index (χ3v) is 2.66. The molecule has 0 radical (unpaired) electrons. The number of ether oxygens (including phenoxy) is 3. The van der Waals surface area contributed by atoms with E-state index in [1.165, 1.54) is 14.2 Å². The molecule has 0 fully saturated rings. The molecule has 1 aromatic carbocycles. The summed E-state index contributed by atoms with van der Waals surface area (Å²) >= 11 is 0. The van der Waals surface area contributed by atoms with E-state index in [-0.39, 0.29) is 18.4 Å². The number of rotatable bonds is 7. The predicted molar refractivity (Wildman–Crippen MR) is 73.6 cm³/mol. The fourth-order valence-corrected chi connectivity index (χ4v) is 1.67. The van der Waals surface area contributed by atoms with Gasteiger partial charge in [0.1, 0.15) is 22.8 Å². The highest BCUT2D eigenvalue weighted by molar-refractivity contribution is 6.03. The second kappa shape index (κ2) is 6.99. The van der Waals surface area contributed by atoms with Gasteiger partial charge >= 0.3 is 0 Å². The van der Waals surface area contributed by atoms with Gasteiger partial charge in [0.05, 0.1) is 27.9 Å². The van der Waals surface area contributed by atoms with Crippen molar-refractivity contribution in [3.8, 4) is 17.2 Å². The molecule has 0 atom stereocenters. The SMILES string of the molecule is COc1cc(OC)c(C(=O)CNC(C)C)c(OC)c1. The molecule has 1 N–H and O–H groups in total. The van der Waals surface area contributed by atoms with Crippen LogP contribution in [0.5, 0.6) is 17.2 Å². The monoisotopic (exact) mass is 267 g/mol. The van der Waals surface area contributed by atoms with Crippen molar-refractivity contribution in [2.45, 2.75) is 19.9 Å². The molecule has 19 heavy (non-hydrogen) atoms. The Morgan fingerprint density at radius 1 is 1.11 bits per heavy atom. The normalized spacial score (nSPS) is 10.4. The molecule has 5 nitrogen and oxygen atoms in total. The number of hydrogen-bond acceptors (Lipinski definition) is 5. The van der Waals surface area contributed by atoms with E-state index in [4.69, 9.17) is 14.2 Å². The molecule has 0 aliphatic rings. The largest absolute Gasteiger partial charge is 0.496 e. The van der Waals surface area contributed by atoms with E-state index in [1.54, 1.807) is 19.2 Å². The van der Waals surface area contributed by atoms with Crippen molar-refractivity contribution in [2.75, 3.05) is 27.9 Å². The zero-order valence-corrected chi connectivity index (χ0v) is 12.1. The minimum Gasteiger partial charge on any atom is -0.496 e. The number of carbonyl (C=O) groups excluding carboxylic acids is 1. The summed E-state index contributed by atoms with van der Waals surface area (Å²) < 4.78 is 15.6. The summed E-state index contributed by atoms with van der Waals surface area (Å²) in [6, 6.07) is 3.58. The molecule has 0 saturated carbocycles. The van der Waals surface area contributed by atoms with E-state index < -0.39 is 0 Å². The lowest BCUT2D eigenvalue weighted by Crippen LogP contribution is -2.29. The van der Waals surface area contributed by atoms with Gasteiger partial charge in [-0.25, -0.2) is 0 Å². The standard InChI is InChI=1S/C14H21NO4/c1-9(2)15-8-11(16)14-12(18-4)6-10(17-3)7-13(14)19-5/h6-7,9,15H,8H2,1-5H3. The summed E-state index contributed by atoms with van der Waals surface area (Å²) in [7, 11) is 4.58. The zero-order valence-electron chi connectivity index (χ0n) is 12.1. The van der Waals surface area contributed by atoms with E-state index in [0.717, 1.165) is 0 Å². The van der Waals surface area contributed by atoms with Gasteiger partial charge in [-0.2, -0.15) is 0 Å². The molecule has 0 aliphatic heterocycles. The molecule has 0 saturated heterocycles. The van der Waals surface area contributed by atoms with Crippen LogP contribution < -0.4 is 19.5 Å². The number of hydrogen-bond donors (Lipinski definition) is 1. The van der Waals surface area contributed by atoms with Gasteiger partial charge in [-0.3, -0.25) is 4.79 Å². The maximum atomic E-state index is 12.2. The Morgan fingerprint density at radius 2 is 1.63 bits per heavy atom. The van der Waals surface area contributed by atoms with Crippen LogP contribution in [0.3, 0.4) is 0 Å². The molecule has 0 aliphatic carbocycles. The first-order chi connectivity index (χ1) is 9.03. The smallest absolute Gasteiger partial charge is 0.184 e. The van der Waals surface area contributed by atoms with Crippen LogP contribution in [-0.2, 0) is 0 Å². The first-order valence-electron chi connectivity index (χ1n) is 6.10.